The van der Waals surface area contributed by atoms with Gasteiger partial charge in [0, 0.05) is 18.4 Å². The summed E-state index contributed by atoms with van der Waals surface area (Å²) in [6, 6.07) is 8.00. The molecule has 1 aliphatic carbocycles. The van der Waals surface area contributed by atoms with Crippen LogP contribution in [0, 0.1) is 5.82 Å². The highest BCUT2D eigenvalue weighted by Crippen LogP contribution is 2.44. The molecule has 6 rings (SSSR count). The van der Waals surface area contributed by atoms with E-state index in [4.69, 9.17) is 0 Å². The van der Waals surface area contributed by atoms with Crippen molar-refractivity contribution in [3.8, 4) is 5.82 Å². The van der Waals surface area contributed by atoms with Crippen molar-refractivity contribution in [3.63, 3.8) is 0 Å². The average Bonchev–Trinajstić information content (AvgIpc) is 3.56. The number of pyridine rings is 1. The lowest BCUT2D eigenvalue weighted by Gasteiger charge is -2.18. The number of anilines is 2. The van der Waals surface area contributed by atoms with Crippen LogP contribution in [0.25, 0.3) is 16.9 Å². The van der Waals surface area contributed by atoms with Crippen molar-refractivity contribution in [2.75, 3.05) is 11.9 Å². The predicted octanol–water partition coefficient (Wildman–Crippen LogP) is 3.05. The summed E-state index contributed by atoms with van der Waals surface area (Å²) in [7, 11) is 0. The number of alkyl halides is 3. The number of rotatable bonds is 5. The summed E-state index contributed by atoms with van der Waals surface area (Å²) < 4.78 is 56.4. The third-order valence-corrected chi connectivity index (χ3v) is 6.58. The largest absolute Gasteiger partial charge is 0.408 e. The number of benzene rings is 1. The van der Waals surface area contributed by atoms with Crippen LogP contribution < -0.4 is 16.2 Å². The molecule has 4 aromatic rings. The zero-order valence-corrected chi connectivity index (χ0v) is 19.3. The second-order valence-electron chi connectivity index (χ2n) is 9.29. The van der Waals surface area contributed by atoms with Crippen molar-refractivity contribution in [1.29, 1.82) is 0 Å². The molecule has 0 bridgehead atoms. The van der Waals surface area contributed by atoms with E-state index in [0.29, 0.717) is 34.4 Å². The minimum Gasteiger partial charge on any atom is -0.384 e. The molecule has 192 valence electrons. The number of aliphatic hydroxyl groups is 1. The van der Waals surface area contributed by atoms with Crippen LogP contribution in [0.2, 0.25) is 0 Å². The number of fused-ring (bicyclic) bond motifs is 2. The Kier molecular flexibility index (Phi) is 5.31. The van der Waals surface area contributed by atoms with E-state index in [9.17, 15) is 27.5 Å². The average molecular weight is 515 g/mol. The highest BCUT2D eigenvalue weighted by Gasteiger charge is 2.44. The first kappa shape index (κ1) is 23.6. The molecule has 1 fully saturated rings. The fourth-order valence-electron chi connectivity index (χ4n) is 4.52. The smallest absolute Gasteiger partial charge is 0.384 e. The van der Waals surface area contributed by atoms with Crippen LogP contribution in [0.3, 0.4) is 0 Å². The summed E-state index contributed by atoms with van der Waals surface area (Å²) in [5, 5.41) is 16.5. The van der Waals surface area contributed by atoms with E-state index in [2.05, 4.69) is 25.6 Å². The van der Waals surface area contributed by atoms with Crippen molar-refractivity contribution in [2.24, 2.45) is 0 Å². The Morgan fingerprint density at radius 3 is 2.70 bits per heavy atom. The maximum Gasteiger partial charge on any atom is 0.408 e. The van der Waals surface area contributed by atoms with Gasteiger partial charge in [-0.15, -0.1) is 0 Å². The van der Waals surface area contributed by atoms with Gasteiger partial charge < -0.3 is 15.7 Å². The van der Waals surface area contributed by atoms with Gasteiger partial charge in [0.1, 0.15) is 17.5 Å². The summed E-state index contributed by atoms with van der Waals surface area (Å²) in [5.74, 6) is -1.54. The van der Waals surface area contributed by atoms with E-state index in [0.717, 1.165) is 30.8 Å². The summed E-state index contributed by atoms with van der Waals surface area (Å²) in [4.78, 5) is 25.5. The van der Waals surface area contributed by atoms with Gasteiger partial charge in [0.25, 0.3) is 5.56 Å². The minimum atomic E-state index is -4.79. The first-order valence-electron chi connectivity index (χ1n) is 11.7. The van der Waals surface area contributed by atoms with Gasteiger partial charge in [-0.25, -0.2) is 23.7 Å². The van der Waals surface area contributed by atoms with E-state index in [1.54, 1.807) is 0 Å². The van der Waals surface area contributed by atoms with E-state index < -0.39 is 35.5 Å². The molecule has 37 heavy (non-hydrogen) atoms. The molecule has 1 saturated carbocycles. The Bertz CT molecular complexity index is 1590. The van der Waals surface area contributed by atoms with Crippen LogP contribution in [0.4, 0.5) is 29.2 Å². The lowest BCUT2D eigenvalue weighted by atomic mass is 10.0. The molecular weight excluding hydrogens is 494 g/mol. The lowest BCUT2D eigenvalue weighted by Crippen LogP contribution is -2.31. The van der Waals surface area contributed by atoms with Crippen LogP contribution in [-0.4, -0.2) is 42.1 Å². The molecule has 0 saturated heterocycles. The molecular formula is C24H21F4N7O2. The van der Waals surface area contributed by atoms with Crippen molar-refractivity contribution in [2.45, 2.75) is 44.1 Å². The second kappa shape index (κ2) is 8.35. The highest BCUT2D eigenvalue weighted by atomic mass is 19.4. The van der Waals surface area contributed by atoms with Gasteiger partial charge in [0.2, 0.25) is 5.95 Å². The molecule has 0 amide bonds. The minimum absolute atomic E-state index is 0.00603. The molecule has 3 N–H and O–H groups in total. The van der Waals surface area contributed by atoms with Gasteiger partial charge in [-0.1, -0.05) is 6.07 Å². The van der Waals surface area contributed by atoms with E-state index in [1.807, 2.05) is 18.2 Å². The summed E-state index contributed by atoms with van der Waals surface area (Å²) in [5.41, 5.74) is 0.473. The Morgan fingerprint density at radius 1 is 1.14 bits per heavy atom. The van der Waals surface area contributed by atoms with Gasteiger partial charge in [-0.2, -0.15) is 18.2 Å². The maximum atomic E-state index is 15.0. The molecule has 13 heteroatoms. The van der Waals surface area contributed by atoms with Crippen molar-refractivity contribution in [3.05, 3.63) is 69.5 Å². The number of halogens is 4. The van der Waals surface area contributed by atoms with Gasteiger partial charge in [0.05, 0.1) is 5.69 Å². The second-order valence-corrected chi connectivity index (χ2v) is 9.29. The zero-order valence-electron chi connectivity index (χ0n) is 19.3. The Labute approximate surface area is 206 Å². The molecule has 0 unspecified atom stereocenters. The lowest BCUT2D eigenvalue weighted by molar-refractivity contribution is -0.144. The molecule has 0 atom stereocenters. The number of aromatic nitrogens is 5. The molecule has 3 aromatic heterocycles. The van der Waals surface area contributed by atoms with Gasteiger partial charge in [-0.3, -0.25) is 4.79 Å². The molecule has 0 radical (unpaired) electrons. The molecule has 1 aliphatic heterocycles. The van der Waals surface area contributed by atoms with Crippen LogP contribution in [0.5, 0.6) is 0 Å². The first-order valence-corrected chi connectivity index (χ1v) is 11.7. The quantitative estimate of drug-likeness (QED) is 0.351. The van der Waals surface area contributed by atoms with Crippen LogP contribution in [-0.2, 0) is 25.1 Å². The predicted molar refractivity (Wildman–Crippen MR) is 125 cm³/mol. The van der Waals surface area contributed by atoms with E-state index >= 15 is 0 Å². The van der Waals surface area contributed by atoms with Gasteiger partial charge in [-0.05, 0) is 61.2 Å². The topological polar surface area (TPSA) is 110 Å². The number of hydrogen-bond donors (Lipinski definition) is 3. The Balaban J connectivity index is 1.49. The molecule has 9 nitrogen and oxygen atoms in total. The van der Waals surface area contributed by atoms with Crippen LogP contribution in [0.15, 0.2) is 41.3 Å². The molecule has 2 aliphatic rings. The van der Waals surface area contributed by atoms with Crippen molar-refractivity contribution in [1.82, 2.24) is 29.6 Å². The maximum absolute atomic E-state index is 15.0. The number of nitrogens with one attached hydrogen (secondary N) is 2. The highest BCUT2D eigenvalue weighted by molar-refractivity contribution is 5.77. The van der Waals surface area contributed by atoms with E-state index in [-0.39, 0.29) is 22.7 Å². The molecule has 4 heterocycles. The molecule has 1 aromatic carbocycles. The number of hydrogen-bond acceptors (Lipinski definition) is 7. The first-order chi connectivity index (χ1) is 17.6. The SMILES string of the molecule is O=c1c2cnc(Nc3ccc4c(c3)CNCC4)nc2n(-c2nc(C3(O)CC3)ccc2F)n1CC(F)(F)F. The van der Waals surface area contributed by atoms with Gasteiger partial charge >= 0.3 is 6.18 Å². The van der Waals surface area contributed by atoms with Crippen LogP contribution >= 0.6 is 0 Å². The normalized spacial score (nSPS) is 16.6. The van der Waals surface area contributed by atoms with Crippen molar-refractivity contribution >= 4 is 22.7 Å². The molecule has 0 spiro atoms. The fraction of sp³-hybridized carbons (Fsp3) is 0.333. The standard InChI is InChI=1S/C24H21F4N7O2/c25-17-3-4-18(23(37)6-7-23)32-20(17)35-19-16(21(36)34(35)12-24(26,27)28)11-30-22(33-19)31-15-2-1-13-5-8-29-10-14(13)9-15/h1-4,9,11,29,37H,5-8,10,12H2,(H,30,31,33). The van der Waals surface area contributed by atoms with E-state index in [1.165, 1.54) is 11.6 Å². The zero-order chi connectivity index (χ0) is 25.9. The Hall–Kier alpha value is -3.84. The third-order valence-electron chi connectivity index (χ3n) is 6.58. The Morgan fingerprint density at radius 2 is 1.95 bits per heavy atom. The monoisotopic (exact) mass is 515 g/mol. The fourth-order valence-corrected chi connectivity index (χ4v) is 4.52. The number of nitrogens with zero attached hydrogens (tertiary/aromatic N) is 5. The van der Waals surface area contributed by atoms with Gasteiger partial charge in [0.15, 0.2) is 17.3 Å². The summed E-state index contributed by atoms with van der Waals surface area (Å²) in [6.45, 7) is -0.119. The summed E-state index contributed by atoms with van der Waals surface area (Å²) >= 11 is 0. The van der Waals surface area contributed by atoms with Crippen molar-refractivity contribution < 1.29 is 22.7 Å². The summed E-state index contributed by atoms with van der Waals surface area (Å²) in [6.07, 6.45) is -2.01. The van der Waals surface area contributed by atoms with Crippen LogP contribution in [0.1, 0.15) is 29.7 Å². The third kappa shape index (κ3) is 4.33.